The number of imide groups is 1. The molecule has 2 amide bonds. The highest BCUT2D eigenvalue weighted by molar-refractivity contribution is 6.05. The molecule has 0 unspecified atom stereocenters. The van der Waals surface area contributed by atoms with Crippen LogP contribution in [0, 0.1) is 0 Å². The van der Waals surface area contributed by atoms with Crippen molar-refractivity contribution in [3.63, 3.8) is 0 Å². The molecule has 0 radical (unpaired) electrons. The van der Waals surface area contributed by atoms with E-state index in [1.165, 1.54) is 6.92 Å². The lowest BCUT2D eigenvalue weighted by molar-refractivity contribution is -0.150. The van der Waals surface area contributed by atoms with E-state index in [-0.39, 0.29) is 11.2 Å². The number of ketones is 1. The number of rotatable bonds is 7. The normalized spacial score (nSPS) is 10.8. The van der Waals surface area contributed by atoms with Crippen molar-refractivity contribution >= 4 is 23.6 Å². The van der Waals surface area contributed by atoms with Gasteiger partial charge in [0, 0.05) is 11.1 Å². The third kappa shape index (κ3) is 6.84. The Hall–Kier alpha value is -3.48. The number of carbonyl (C=O) groups excluding carboxylic acids is 4. The Balaban J connectivity index is 1.76. The first-order chi connectivity index (χ1) is 14.1. The minimum absolute atomic E-state index is 0.0451. The van der Waals surface area contributed by atoms with Crippen molar-refractivity contribution in [2.75, 3.05) is 13.2 Å². The lowest BCUT2D eigenvalue weighted by atomic mass is 9.87. The fraction of sp³-hybridized carbons (Fsp3) is 0.304. The molecule has 30 heavy (non-hydrogen) atoms. The Labute approximate surface area is 175 Å². The second-order valence-electron chi connectivity index (χ2n) is 7.73. The molecule has 7 nitrogen and oxygen atoms in total. The van der Waals surface area contributed by atoms with Gasteiger partial charge in [-0.1, -0.05) is 32.9 Å². The van der Waals surface area contributed by atoms with E-state index in [4.69, 9.17) is 9.47 Å². The second-order valence-corrected chi connectivity index (χ2v) is 7.73. The van der Waals surface area contributed by atoms with E-state index in [1.807, 2.05) is 12.1 Å². The van der Waals surface area contributed by atoms with Crippen LogP contribution in [0.5, 0.6) is 5.75 Å². The summed E-state index contributed by atoms with van der Waals surface area (Å²) >= 11 is 0. The molecule has 2 aromatic carbocycles. The zero-order chi connectivity index (χ0) is 22.3. The molecular formula is C23H25NO6. The SMILES string of the molecule is CC(=O)c1ccc(OCC(=O)OCC(=O)NC(=O)c2ccc(C(C)(C)C)cc2)cc1. The topological polar surface area (TPSA) is 98.8 Å². The van der Waals surface area contributed by atoms with Crippen LogP contribution in [-0.4, -0.2) is 36.8 Å². The minimum Gasteiger partial charge on any atom is -0.482 e. The number of hydrogen-bond donors (Lipinski definition) is 1. The second kappa shape index (κ2) is 9.82. The Bertz CT molecular complexity index is 924. The number of ether oxygens (including phenoxy) is 2. The Morgan fingerprint density at radius 1 is 0.833 bits per heavy atom. The molecule has 0 bridgehead atoms. The molecule has 0 atom stereocenters. The van der Waals surface area contributed by atoms with Gasteiger partial charge in [0.25, 0.3) is 11.8 Å². The quantitative estimate of drug-likeness (QED) is 0.555. The zero-order valence-corrected chi connectivity index (χ0v) is 17.5. The van der Waals surface area contributed by atoms with Gasteiger partial charge in [0.15, 0.2) is 19.0 Å². The largest absolute Gasteiger partial charge is 0.482 e. The van der Waals surface area contributed by atoms with Gasteiger partial charge in [-0.3, -0.25) is 19.7 Å². The first-order valence-electron chi connectivity index (χ1n) is 9.40. The van der Waals surface area contributed by atoms with Gasteiger partial charge >= 0.3 is 5.97 Å². The van der Waals surface area contributed by atoms with E-state index in [0.717, 1.165) is 5.56 Å². The van der Waals surface area contributed by atoms with Gasteiger partial charge in [-0.05, 0) is 54.3 Å². The molecule has 158 valence electrons. The van der Waals surface area contributed by atoms with Crippen LogP contribution in [-0.2, 0) is 19.7 Å². The molecule has 0 aliphatic heterocycles. The number of Topliss-reactive ketones (excluding diaryl/α,β-unsaturated/α-hetero) is 1. The van der Waals surface area contributed by atoms with E-state index in [9.17, 15) is 19.2 Å². The van der Waals surface area contributed by atoms with Crippen molar-refractivity contribution < 1.29 is 28.7 Å². The lowest BCUT2D eigenvalue weighted by Gasteiger charge is -2.19. The van der Waals surface area contributed by atoms with Crippen molar-refractivity contribution in [3.8, 4) is 5.75 Å². The van der Waals surface area contributed by atoms with Crippen LogP contribution in [0.3, 0.4) is 0 Å². The summed E-state index contributed by atoms with van der Waals surface area (Å²) in [6, 6.07) is 13.2. The number of carbonyl (C=O) groups is 4. The predicted octanol–water partition coefficient (Wildman–Crippen LogP) is 3.07. The van der Waals surface area contributed by atoms with Crippen LogP contribution < -0.4 is 10.1 Å². The summed E-state index contributed by atoms with van der Waals surface area (Å²) in [7, 11) is 0. The molecule has 0 aromatic heterocycles. The van der Waals surface area contributed by atoms with E-state index in [0.29, 0.717) is 16.9 Å². The van der Waals surface area contributed by atoms with Crippen molar-refractivity contribution in [3.05, 3.63) is 65.2 Å². The maximum absolute atomic E-state index is 12.1. The van der Waals surface area contributed by atoms with Crippen LogP contribution >= 0.6 is 0 Å². The molecule has 2 rings (SSSR count). The lowest BCUT2D eigenvalue weighted by Crippen LogP contribution is -2.34. The van der Waals surface area contributed by atoms with Gasteiger partial charge in [-0.15, -0.1) is 0 Å². The standard InChI is InChI=1S/C23H25NO6/c1-15(25)16-7-11-19(12-8-16)29-14-21(27)30-13-20(26)24-22(28)17-5-9-18(10-6-17)23(2,3)4/h5-12H,13-14H2,1-4H3,(H,24,26,28). The molecule has 1 N–H and O–H groups in total. The summed E-state index contributed by atoms with van der Waals surface area (Å²) in [6.45, 7) is 6.62. The molecule has 0 fully saturated rings. The molecule has 0 aliphatic rings. The van der Waals surface area contributed by atoms with E-state index in [1.54, 1.807) is 36.4 Å². The number of hydrogen-bond acceptors (Lipinski definition) is 6. The Morgan fingerprint density at radius 2 is 1.40 bits per heavy atom. The highest BCUT2D eigenvalue weighted by Crippen LogP contribution is 2.22. The van der Waals surface area contributed by atoms with Gasteiger partial charge in [0.1, 0.15) is 5.75 Å². The summed E-state index contributed by atoms with van der Waals surface area (Å²) in [5.74, 6) is -1.76. The Morgan fingerprint density at radius 3 is 1.93 bits per heavy atom. The van der Waals surface area contributed by atoms with Crippen LogP contribution in [0.4, 0.5) is 0 Å². The van der Waals surface area contributed by atoms with Gasteiger partial charge in [0.05, 0.1) is 0 Å². The summed E-state index contributed by atoms with van der Waals surface area (Å²) < 4.78 is 10.0. The van der Waals surface area contributed by atoms with E-state index < -0.39 is 31.0 Å². The average Bonchev–Trinajstić information content (AvgIpc) is 2.70. The van der Waals surface area contributed by atoms with Gasteiger partial charge in [-0.2, -0.15) is 0 Å². The Kier molecular flexibility index (Phi) is 7.47. The molecule has 2 aromatic rings. The van der Waals surface area contributed by atoms with Crippen molar-refractivity contribution in [2.24, 2.45) is 0 Å². The van der Waals surface area contributed by atoms with Crippen LogP contribution in [0.1, 0.15) is 54.0 Å². The molecular weight excluding hydrogens is 386 g/mol. The summed E-state index contributed by atoms with van der Waals surface area (Å²) in [6.07, 6.45) is 0. The number of amides is 2. The van der Waals surface area contributed by atoms with Crippen LogP contribution in [0.25, 0.3) is 0 Å². The van der Waals surface area contributed by atoms with Gasteiger partial charge in [-0.25, -0.2) is 4.79 Å². The number of nitrogens with one attached hydrogen (secondary N) is 1. The summed E-state index contributed by atoms with van der Waals surface area (Å²) in [4.78, 5) is 46.9. The smallest absolute Gasteiger partial charge is 0.344 e. The number of benzene rings is 2. The third-order valence-electron chi connectivity index (χ3n) is 4.25. The molecule has 0 saturated heterocycles. The molecule has 0 aliphatic carbocycles. The molecule has 0 spiro atoms. The van der Waals surface area contributed by atoms with E-state index in [2.05, 4.69) is 26.1 Å². The highest BCUT2D eigenvalue weighted by atomic mass is 16.6. The number of esters is 1. The van der Waals surface area contributed by atoms with Gasteiger partial charge < -0.3 is 9.47 Å². The predicted molar refractivity (Wildman–Crippen MR) is 111 cm³/mol. The van der Waals surface area contributed by atoms with Crippen molar-refractivity contribution in [1.29, 1.82) is 0 Å². The fourth-order valence-corrected chi connectivity index (χ4v) is 2.47. The van der Waals surface area contributed by atoms with Crippen molar-refractivity contribution in [1.82, 2.24) is 5.32 Å². The monoisotopic (exact) mass is 411 g/mol. The van der Waals surface area contributed by atoms with Gasteiger partial charge in [0.2, 0.25) is 0 Å². The third-order valence-corrected chi connectivity index (χ3v) is 4.25. The summed E-state index contributed by atoms with van der Waals surface area (Å²) in [5, 5.41) is 2.17. The zero-order valence-electron chi connectivity index (χ0n) is 17.5. The maximum atomic E-state index is 12.1. The van der Waals surface area contributed by atoms with E-state index >= 15 is 0 Å². The fourth-order valence-electron chi connectivity index (χ4n) is 2.47. The minimum atomic E-state index is -0.761. The van der Waals surface area contributed by atoms with Crippen molar-refractivity contribution in [2.45, 2.75) is 33.1 Å². The summed E-state index contributed by atoms with van der Waals surface area (Å²) in [5.41, 5.74) is 1.88. The molecule has 7 heteroatoms. The average molecular weight is 411 g/mol. The molecule has 0 heterocycles. The molecule has 0 saturated carbocycles. The highest BCUT2D eigenvalue weighted by Gasteiger charge is 2.16. The first kappa shape index (κ1) is 22.8. The first-order valence-corrected chi connectivity index (χ1v) is 9.40. The van der Waals surface area contributed by atoms with Crippen LogP contribution in [0.2, 0.25) is 0 Å². The van der Waals surface area contributed by atoms with Crippen LogP contribution in [0.15, 0.2) is 48.5 Å². The maximum Gasteiger partial charge on any atom is 0.344 e.